The molecule has 3 rings (SSSR count). The van der Waals surface area contributed by atoms with Gasteiger partial charge in [-0.25, -0.2) is 8.42 Å². The summed E-state index contributed by atoms with van der Waals surface area (Å²) in [5.41, 5.74) is 0.329. The molecule has 1 aromatic carbocycles. The average molecular weight is 366 g/mol. The molecule has 0 N–H and O–H groups in total. The summed E-state index contributed by atoms with van der Waals surface area (Å²) in [7, 11) is -2.10. The zero-order chi connectivity index (χ0) is 18.0. The number of benzene rings is 1. The fourth-order valence-electron chi connectivity index (χ4n) is 3.62. The number of sulfonamides is 1. The number of carbonyl (C=O) groups is 1. The molecule has 2 fully saturated rings. The zero-order valence-corrected chi connectivity index (χ0v) is 15.7. The van der Waals surface area contributed by atoms with Crippen LogP contribution in [0.3, 0.4) is 0 Å². The van der Waals surface area contributed by atoms with E-state index in [4.69, 9.17) is 4.74 Å². The summed E-state index contributed by atoms with van der Waals surface area (Å²) in [4.78, 5) is 14.7. The van der Waals surface area contributed by atoms with Gasteiger partial charge in [-0.05, 0) is 49.8 Å². The first kappa shape index (κ1) is 18.2. The number of carbonyl (C=O) groups excluding carboxylic acids is 1. The van der Waals surface area contributed by atoms with E-state index in [1.54, 1.807) is 11.0 Å². The second kappa shape index (κ2) is 7.33. The highest BCUT2D eigenvalue weighted by atomic mass is 32.2. The molecule has 0 radical (unpaired) electrons. The van der Waals surface area contributed by atoms with Crippen molar-refractivity contribution in [1.29, 1.82) is 0 Å². The van der Waals surface area contributed by atoms with Gasteiger partial charge in [-0.3, -0.25) is 4.79 Å². The first-order chi connectivity index (χ1) is 11.9. The second-order valence-electron chi connectivity index (χ2n) is 6.97. The molecule has 0 aromatic heterocycles. The lowest BCUT2D eigenvalue weighted by Crippen LogP contribution is -2.39. The van der Waals surface area contributed by atoms with Gasteiger partial charge in [-0.2, -0.15) is 4.31 Å². The highest BCUT2D eigenvalue weighted by Crippen LogP contribution is 2.29. The Hall–Kier alpha value is -1.60. The molecule has 2 saturated heterocycles. The molecule has 1 unspecified atom stereocenters. The third-order valence-electron chi connectivity index (χ3n) is 5.05. The van der Waals surface area contributed by atoms with E-state index >= 15 is 0 Å². The van der Waals surface area contributed by atoms with E-state index in [0.29, 0.717) is 43.4 Å². The van der Waals surface area contributed by atoms with Crippen molar-refractivity contribution in [1.82, 2.24) is 9.21 Å². The number of methoxy groups -OCH3 is 1. The monoisotopic (exact) mass is 366 g/mol. The van der Waals surface area contributed by atoms with Crippen molar-refractivity contribution in [2.75, 3.05) is 33.3 Å². The SMILES string of the molecule is COc1ccc(S(=O)(=O)N2CCCC(C)C2)cc1C(=O)N1CCCC1. The molecule has 0 spiro atoms. The predicted octanol–water partition coefficient (Wildman–Crippen LogP) is 2.35. The van der Waals surface area contributed by atoms with Gasteiger partial charge in [0.1, 0.15) is 5.75 Å². The maximum Gasteiger partial charge on any atom is 0.257 e. The van der Waals surface area contributed by atoms with Crippen molar-refractivity contribution >= 4 is 15.9 Å². The molecule has 0 aliphatic carbocycles. The van der Waals surface area contributed by atoms with Gasteiger partial charge in [0, 0.05) is 26.2 Å². The molecule has 1 atom stereocenters. The molecule has 0 saturated carbocycles. The van der Waals surface area contributed by atoms with Crippen LogP contribution in [0.2, 0.25) is 0 Å². The smallest absolute Gasteiger partial charge is 0.257 e. The maximum atomic E-state index is 13.0. The number of ether oxygens (including phenoxy) is 1. The summed E-state index contributed by atoms with van der Waals surface area (Å²) in [6, 6.07) is 4.60. The van der Waals surface area contributed by atoms with Crippen LogP contribution in [0.1, 0.15) is 43.0 Å². The van der Waals surface area contributed by atoms with E-state index in [9.17, 15) is 13.2 Å². The largest absolute Gasteiger partial charge is 0.496 e. The summed E-state index contributed by atoms with van der Waals surface area (Å²) >= 11 is 0. The predicted molar refractivity (Wildman–Crippen MR) is 95.3 cm³/mol. The Bertz CT molecular complexity index is 741. The summed E-state index contributed by atoms with van der Waals surface area (Å²) in [5.74, 6) is 0.619. The van der Waals surface area contributed by atoms with E-state index in [-0.39, 0.29) is 10.8 Å². The van der Waals surface area contributed by atoms with Crippen LogP contribution in [0.5, 0.6) is 5.75 Å². The topological polar surface area (TPSA) is 66.9 Å². The van der Waals surface area contributed by atoms with Crippen molar-refractivity contribution in [3.8, 4) is 5.75 Å². The van der Waals surface area contributed by atoms with Crippen LogP contribution >= 0.6 is 0 Å². The number of likely N-dealkylation sites (tertiary alicyclic amines) is 1. The molecule has 2 aliphatic heterocycles. The van der Waals surface area contributed by atoms with Gasteiger partial charge >= 0.3 is 0 Å². The first-order valence-electron chi connectivity index (χ1n) is 8.91. The maximum absolute atomic E-state index is 13.0. The van der Waals surface area contributed by atoms with Crippen LogP contribution < -0.4 is 4.74 Å². The van der Waals surface area contributed by atoms with E-state index < -0.39 is 10.0 Å². The van der Waals surface area contributed by atoms with Crippen LogP contribution in [-0.2, 0) is 10.0 Å². The molecule has 2 aliphatic rings. The third-order valence-corrected chi connectivity index (χ3v) is 6.91. The van der Waals surface area contributed by atoms with Crippen molar-refractivity contribution in [3.05, 3.63) is 23.8 Å². The summed E-state index contributed by atoms with van der Waals surface area (Å²) in [6.45, 7) is 4.56. The molecule has 0 bridgehead atoms. The molecule has 6 nitrogen and oxygen atoms in total. The Balaban J connectivity index is 1.94. The van der Waals surface area contributed by atoms with Gasteiger partial charge in [0.25, 0.3) is 5.91 Å². The van der Waals surface area contributed by atoms with Crippen LogP contribution in [0.15, 0.2) is 23.1 Å². The lowest BCUT2D eigenvalue weighted by molar-refractivity contribution is 0.0789. The third kappa shape index (κ3) is 3.67. The Morgan fingerprint density at radius 3 is 2.52 bits per heavy atom. The average Bonchev–Trinajstić information content (AvgIpc) is 3.15. The van der Waals surface area contributed by atoms with Gasteiger partial charge in [0.05, 0.1) is 17.6 Å². The summed E-state index contributed by atoms with van der Waals surface area (Å²) in [6.07, 6.45) is 3.89. The van der Waals surface area contributed by atoms with Gasteiger partial charge in [0.2, 0.25) is 10.0 Å². The molecular weight excluding hydrogens is 340 g/mol. The Morgan fingerprint density at radius 2 is 1.88 bits per heavy atom. The molecule has 1 aromatic rings. The van der Waals surface area contributed by atoms with Crippen molar-refractivity contribution in [3.63, 3.8) is 0 Å². The molecule has 25 heavy (non-hydrogen) atoms. The van der Waals surface area contributed by atoms with Gasteiger partial charge < -0.3 is 9.64 Å². The van der Waals surface area contributed by atoms with E-state index in [0.717, 1.165) is 25.7 Å². The number of hydrogen-bond donors (Lipinski definition) is 0. The van der Waals surface area contributed by atoms with Crippen molar-refractivity contribution in [2.24, 2.45) is 5.92 Å². The minimum atomic E-state index is -3.59. The second-order valence-corrected chi connectivity index (χ2v) is 8.91. The minimum Gasteiger partial charge on any atom is -0.496 e. The van der Waals surface area contributed by atoms with Gasteiger partial charge in [-0.15, -0.1) is 0 Å². The summed E-state index contributed by atoms with van der Waals surface area (Å²) in [5, 5.41) is 0. The van der Waals surface area contributed by atoms with Crippen molar-refractivity contribution < 1.29 is 17.9 Å². The summed E-state index contributed by atoms with van der Waals surface area (Å²) < 4.78 is 32.8. The molecule has 1 amide bonds. The number of rotatable bonds is 4. The molecule has 7 heteroatoms. The molecular formula is C18H26N2O4S. The highest BCUT2D eigenvalue weighted by Gasteiger charge is 2.31. The number of hydrogen-bond acceptors (Lipinski definition) is 4. The normalized spacial score (nSPS) is 22.2. The van der Waals surface area contributed by atoms with E-state index in [2.05, 4.69) is 6.92 Å². The van der Waals surface area contributed by atoms with Gasteiger partial charge in [-0.1, -0.05) is 6.92 Å². The van der Waals surface area contributed by atoms with E-state index in [1.807, 2.05) is 0 Å². The van der Waals surface area contributed by atoms with E-state index in [1.165, 1.54) is 23.5 Å². The van der Waals surface area contributed by atoms with Crippen LogP contribution in [0, 0.1) is 5.92 Å². The van der Waals surface area contributed by atoms with Crippen LogP contribution in [-0.4, -0.2) is 56.8 Å². The zero-order valence-electron chi connectivity index (χ0n) is 14.9. The number of amides is 1. The van der Waals surface area contributed by atoms with Crippen LogP contribution in [0.25, 0.3) is 0 Å². The number of piperidine rings is 1. The lowest BCUT2D eigenvalue weighted by Gasteiger charge is -2.30. The first-order valence-corrected chi connectivity index (χ1v) is 10.3. The Kier molecular flexibility index (Phi) is 5.34. The Labute approximate surface area is 149 Å². The fourth-order valence-corrected chi connectivity index (χ4v) is 5.24. The lowest BCUT2D eigenvalue weighted by atomic mass is 10.0. The molecule has 138 valence electrons. The fraction of sp³-hybridized carbons (Fsp3) is 0.611. The van der Waals surface area contributed by atoms with Crippen LogP contribution in [0.4, 0.5) is 0 Å². The Morgan fingerprint density at radius 1 is 1.16 bits per heavy atom. The molecule has 2 heterocycles. The minimum absolute atomic E-state index is 0.154. The van der Waals surface area contributed by atoms with Crippen molar-refractivity contribution in [2.45, 2.75) is 37.5 Å². The number of nitrogens with zero attached hydrogens (tertiary/aromatic N) is 2. The van der Waals surface area contributed by atoms with Gasteiger partial charge in [0.15, 0.2) is 0 Å². The quantitative estimate of drug-likeness (QED) is 0.820. The highest BCUT2D eigenvalue weighted by molar-refractivity contribution is 7.89. The standard InChI is InChI=1S/C18H26N2O4S/c1-14-6-5-11-20(13-14)25(22,23)15-7-8-17(24-2)16(12-15)18(21)19-9-3-4-10-19/h7-8,12,14H,3-6,9-11,13H2,1-2H3.